The van der Waals surface area contributed by atoms with Gasteiger partial charge in [0.1, 0.15) is 23.7 Å². The summed E-state index contributed by atoms with van der Waals surface area (Å²) in [7, 11) is 3.42. The van der Waals surface area contributed by atoms with E-state index in [1.165, 1.54) is 22.4 Å². The molecule has 7 nitrogen and oxygen atoms in total. The molecule has 2 aromatic heterocycles. The Morgan fingerprint density at radius 3 is 2.92 bits per heavy atom. The molecule has 0 N–H and O–H groups in total. The molecule has 1 amide bonds. The van der Waals surface area contributed by atoms with Gasteiger partial charge in [0, 0.05) is 31.8 Å². The van der Waals surface area contributed by atoms with Crippen LogP contribution in [0.1, 0.15) is 31.7 Å². The van der Waals surface area contributed by atoms with Gasteiger partial charge in [0.25, 0.3) is 0 Å². The zero-order chi connectivity index (χ0) is 18.5. The maximum Gasteiger partial charge on any atom is 0.243 e. The maximum atomic E-state index is 11.8. The van der Waals surface area contributed by atoms with Crippen LogP contribution in [0, 0.1) is 17.8 Å². The van der Waals surface area contributed by atoms with Gasteiger partial charge in [-0.1, -0.05) is 24.0 Å². The highest BCUT2D eigenvalue weighted by Crippen LogP contribution is 2.29. The first-order valence-electron chi connectivity index (χ1n) is 8.82. The average molecular weight is 353 g/mol. The summed E-state index contributed by atoms with van der Waals surface area (Å²) in [6, 6.07) is 1.90. The van der Waals surface area contributed by atoms with Crippen LogP contribution in [0.25, 0.3) is 11.4 Å². The Morgan fingerprint density at radius 2 is 2.23 bits per heavy atom. The average Bonchev–Trinajstić information content (AvgIpc) is 3.35. The van der Waals surface area contributed by atoms with Crippen molar-refractivity contribution in [1.29, 1.82) is 0 Å². The third-order valence-corrected chi connectivity index (χ3v) is 3.89. The van der Waals surface area contributed by atoms with Gasteiger partial charge in [0.05, 0.1) is 12.8 Å². The molecule has 0 aromatic carbocycles. The molecular formula is C19H23N5O2. The van der Waals surface area contributed by atoms with Gasteiger partial charge >= 0.3 is 0 Å². The van der Waals surface area contributed by atoms with Crippen molar-refractivity contribution in [1.82, 2.24) is 24.9 Å². The highest BCUT2D eigenvalue weighted by Gasteiger charge is 2.18. The van der Waals surface area contributed by atoms with Crippen LogP contribution in [-0.4, -0.2) is 51.5 Å². The van der Waals surface area contributed by atoms with E-state index in [1.54, 1.807) is 26.5 Å². The summed E-state index contributed by atoms with van der Waals surface area (Å²) in [5, 5.41) is 8.17. The second kappa shape index (κ2) is 8.00. The fraction of sp³-hybridized carbons (Fsp3) is 0.474. The van der Waals surface area contributed by atoms with E-state index < -0.39 is 0 Å². The highest BCUT2D eigenvalue weighted by atomic mass is 16.5. The van der Waals surface area contributed by atoms with Gasteiger partial charge in [-0.05, 0) is 25.3 Å². The molecule has 0 radical (unpaired) electrons. The standard InChI is InChI=1S/C19H23N5O2/c1-4-9-26-17-10-15(8-7-14-5-6-14)11-20-19(17)16-12-24(22-21-16)13-18(25)23(2)3/h10-12,14H,4-6,9,13H2,1-3H3. The lowest BCUT2D eigenvalue weighted by atomic mass is 10.2. The lowest BCUT2D eigenvalue weighted by Crippen LogP contribution is -2.26. The Balaban J connectivity index is 1.84. The Bertz CT molecular complexity index is 843. The Kier molecular flexibility index (Phi) is 5.52. The van der Waals surface area contributed by atoms with Crippen LogP contribution in [-0.2, 0) is 11.3 Å². The molecule has 7 heteroatoms. The monoisotopic (exact) mass is 353 g/mol. The van der Waals surface area contributed by atoms with Crippen LogP contribution in [0.2, 0.25) is 0 Å². The van der Waals surface area contributed by atoms with E-state index in [4.69, 9.17) is 4.74 Å². The second-order valence-electron chi connectivity index (χ2n) is 6.55. The molecule has 0 atom stereocenters. The van der Waals surface area contributed by atoms with Gasteiger partial charge in [-0.25, -0.2) is 9.67 Å². The fourth-order valence-corrected chi connectivity index (χ4v) is 2.20. The van der Waals surface area contributed by atoms with Crippen molar-refractivity contribution in [3.8, 4) is 29.0 Å². The minimum Gasteiger partial charge on any atom is -0.491 e. The number of nitrogens with zero attached hydrogens (tertiary/aromatic N) is 5. The number of likely N-dealkylation sites (N-methyl/N-ethyl adjacent to an activating group) is 1. The highest BCUT2D eigenvalue weighted by molar-refractivity contribution is 5.75. The normalized spacial score (nSPS) is 13.0. The van der Waals surface area contributed by atoms with Gasteiger partial charge in [-0.2, -0.15) is 0 Å². The molecule has 136 valence electrons. The number of pyridine rings is 1. The maximum absolute atomic E-state index is 11.8. The molecule has 1 saturated carbocycles. The van der Waals surface area contributed by atoms with Crippen molar-refractivity contribution < 1.29 is 9.53 Å². The first kappa shape index (κ1) is 17.9. The van der Waals surface area contributed by atoms with E-state index in [2.05, 4.69) is 27.1 Å². The quantitative estimate of drug-likeness (QED) is 0.743. The minimum absolute atomic E-state index is 0.0532. The molecule has 26 heavy (non-hydrogen) atoms. The van der Waals surface area contributed by atoms with Gasteiger partial charge in [0.2, 0.25) is 5.91 Å². The van der Waals surface area contributed by atoms with Gasteiger partial charge in [-0.3, -0.25) is 4.79 Å². The van der Waals surface area contributed by atoms with Crippen molar-refractivity contribution in [3.63, 3.8) is 0 Å². The van der Waals surface area contributed by atoms with Crippen LogP contribution < -0.4 is 4.74 Å². The number of hydrogen-bond donors (Lipinski definition) is 0. The molecule has 1 aliphatic rings. The number of aromatic nitrogens is 4. The van der Waals surface area contributed by atoms with Crippen molar-refractivity contribution in [2.75, 3.05) is 20.7 Å². The van der Waals surface area contributed by atoms with E-state index >= 15 is 0 Å². The summed E-state index contributed by atoms with van der Waals surface area (Å²) in [6.07, 6.45) is 6.70. The number of hydrogen-bond acceptors (Lipinski definition) is 5. The SMILES string of the molecule is CCCOc1cc(C#CC2CC2)cnc1-c1cn(CC(=O)N(C)C)nn1. The largest absolute Gasteiger partial charge is 0.491 e. The molecule has 0 unspecified atom stereocenters. The summed E-state index contributed by atoms with van der Waals surface area (Å²) >= 11 is 0. The zero-order valence-electron chi connectivity index (χ0n) is 15.4. The van der Waals surface area contributed by atoms with Gasteiger partial charge in [-0.15, -0.1) is 5.10 Å². The van der Waals surface area contributed by atoms with Gasteiger partial charge < -0.3 is 9.64 Å². The molecule has 3 rings (SSSR count). The van der Waals surface area contributed by atoms with Crippen molar-refractivity contribution in [2.45, 2.75) is 32.7 Å². The fourth-order valence-electron chi connectivity index (χ4n) is 2.20. The number of rotatable bonds is 6. The smallest absolute Gasteiger partial charge is 0.243 e. The van der Waals surface area contributed by atoms with Crippen LogP contribution in [0.15, 0.2) is 18.5 Å². The molecule has 1 fully saturated rings. The molecule has 2 aromatic rings. The number of amides is 1. The Hall–Kier alpha value is -2.88. The van der Waals surface area contributed by atoms with Crippen LogP contribution in [0.3, 0.4) is 0 Å². The summed E-state index contributed by atoms with van der Waals surface area (Å²) in [5.41, 5.74) is 2.02. The third kappa shape index (κ3) is 4.60. The van der Waals surface area contributed by atoms with E-state index in [1.807, 2.05) is 13.0 Å². The topological polar surface area (TPSA) is 73.1 Å². The van der Waals surface area contributed by atoms with E-state index in [0.717, 1.165) is 12.0 Å². The molecule has 0 spiro atoms. The summed E-state index contributed by atoms with van der Waals surface area (Å²) in [4.78, 5) is 17.8. The summed E-state index contributed by atoms with van der Waals surface area (Å²) in [6.45, 7) is 2.77. The van der Waals surface area contributed by atoms with E-state index in [9.17, 15) is 4.79 Å². The van der Waals surface area contributed by atoms with Crippen molar-refractivity contribution in [2.24, 2.45) is 5.92 Å². The van der Waals surface area contributed by atoms with E-state index in [-0.39, 0.29) is 12.5 Å². The Labute approximate surface area is 153 Å². The van der Waals surface area contributed by atoms with Crippen molar-refractivity contribution >= 4 is 5.91 Å². The van der Waals surface area contributed by atoms with Gasteiger partial charge in [0.15, 0.2) is 0 Å². The van der Waals surface area contributed by atoms with Crippen LogP contribution in [0.4, 0.5) is 0 Å². The van der Waals surface area contributed by atoms with E-state index in [0.29, 0.717) is 29.7 Å². The number of carbonyl (C=O) groups excluding carboxylic acids is 1. The predicted octanol–water partition coefficient (Wildman–Crippen LogP) is 1.98. The third-order valence-electron chi connectivity index (χ3n) is 3.89. The molecule has 2 heterocycles. The molecular weight excluding hydrogens is 330 g/mol. The first-order valence-corrected chi connectivity index (χ1v) is 8.82. The predicted molar refractivity (Wildman–Crippen MR) is 97.3 cm³/mol. The Morgan fingerprint density at radius 1 is 1.42 bits per heavy atom. The lowest BCUT2D eigenvalue weighted by Gasteiger charge is -2.09. The molecule has 1 aliphatic carbocycles. The lowest BCUT2D eigenvalue weighted by molar-refractivity contribution is -0.129. The zero-order valence-corrected chi connectivity index (χ0v) is 15.4. The minimum atomic E-state index is -0.0532. The first-order chi connectivity index (χ1) is 12.6. The molecule has 0 aliphatic heterocycles. The van der Waals surface area contributed by atoms with Crippen LogP contribution >= 0.6 is 0 Å². The molecule has 0 bridgehead atoms. The van der Waals surface area contributed by atoms with Crippen LogP contribution in [0.5, 0.6) is 5.75 Å². The summed E-state index contributed by atoms with van der Waals surface area (Å²) in [5.74, 6) is 7.51. The number of carbonyl (C=O) groups is 1. The van der Waals surface area contributed by atoms with Crippen molar-refractivity contribution in [3.05, 3.63) is 24.0 Å². The molecule has 0 saturated heterocycles. The number of ether oxygens (including phenoxy) is 1. The summed E-state index contributed by atoms with van der Waals surface area (Å²) < 4.78 is 7.35. The second-order valence-corrected chi connectivity index (χ2v) is 6.55.